The van der Waals surface area contributed by atoms with E-state index in [0.717, 1.165) is 26.1 Å². The van der Waals surface area contributed by atoms with Crippen LogP contribution in [0.1, 0.15) is 33.6 Å². The van der Waals surface area contributed by atoms with Crippen molar-refractivity contribution < 1.29 is 9.84 Å². The van der Waals surface area contributed by atoms with Crippen molar-refractivity contribution in [3.63, 3.8) is 0 Å². The summed E-state index contributed by atoms with van der Waals surface area (Å²) in [6, 6.07) is 0.522. The lowest BCUT2D eigenvalue weighted by Gasteiger charge is -2.31. The Morgan fingerprint density at radius 3 is 2.50 bits per heavy atom. The van der Waals surface area contributed by atoms with Crippen LogP contribution in [0.25, 0.3) is 0 Å². The highest BCUT2D eigenvalue weighted by Crippen LogP contribution is 2.16. The minimum absolute atomic E-state index is 0.287. The van der Waals surface area contributed by atoms with Gasteiger partial charge in [0, 0.05) is 25.8 Å². The second-order valence-corrected chi connectivity index (χ2v) is 4.78. The fourth-order valence-electron chi connectivity index (χ4n) is 1.46. The van der Waals surface area contributed by atoms with Gasteiger partial charge >= 0.3 is 0 Å². The maximum atomic E-state index is 10.0. The fraction of sp³-hybridized carbons (Fsp3) is 1.00. The summed E-state index contributed by atoms with van der Waals surface area (Å²) in [5, 5.41) is 13.4. The number of ether oxygens (including phenoxy) is 1. The number of hydrogen-bond acceptors (Lipinski definition) is 3. The minimum atomic E-state index is -0.599. The maximum absolute atomic E-state index is 10.0. The molecule has 1 unspecified atom stereocenters. The predicted molar refractivity (Wildman–Crippen MR) is 57.3 cm³/mol. The van der Waals surface area contributed by atoms with E-state index in [1.807, 2.05) is 20.8 Å². The second kappa shape index (κ2) is 5.10. The van der Waals surface area contributed by atoms with Gasteiger partial charge < -0.3 is 15.2 Å². The average molecular weight is 201 g/mol. The highest BCUT2D eigenvalue weighted by molar-refractivity contribution is 4.81. The Balaban J connectivity index is 2.24. The lowest BCUT2D eigenvalue weighted by Crippen LogP contribution is -2.47. The standard InChI is InChI=1S/C11H23NO2/c1-9(2)11(3,13)8-12-10-4-6-14-7-5-10/h9-10,12-13H,4-8H2,1-3H3. The first-order valence-corrected chi connectivity index (χ1v) is 5.56. The SMILES string of the molecule is CC(C)C(C)(O)CNC1CCOCC1. The molecule has 1 heterocycles. The van der Waals surface area contributed by atoms with Crippen LogP contribution in [0, 0.1) is 5.92 Å². The molecule has 1 fully saturated rings. The van der Waals surface area contributed by atoms with E-state index < -0.39 is 5.60 Å². The Kier molecular flexibility index (Phi) is 4.35. The molecule has 0 aliphatic carbocycles. The summed E-state index contributed by atoms with van der Waals surface area (Å²) in [6.45, 7) is 8.36. The van der Waals surface area contributed by atoms with E-state index in [4.69, 9.17) is 4.74 Å². The first kappa shape index (κ1) is 12.0. The third-order valence-electron chi connectivity index (χ3n) is 3.21. The molecule has 0 bridgehead atoms. The third kappa shape index (κ3) is 3.56. The van der Waals surface area contributed by atoms with Gasteiger partial charge in [-0.25, -0.2) is 0 Å². The summed E-state index contributed by atoms with van der Waals surface area (Å²) in [6.07, 6.45) is 2.13. The minimum Gasteiger partial charge on any atom is -0.389 e. The summed E-state index contributed by atoms with van der Waals surface area (Å²) in [5.41, 5.74) is -0.599. The third-order valence-corrected chi connectivity index (χ3v) is 3.21. The van der Waals surface area contributed by atoms with Crippen LogP contribution in [-0.2, 0) is 4.74 Å². The molecule has 0 saturated carbocycles. The summed E-state index contributed by atoms with van der Waals surface area (Å²) >= 11 is 0. The van der Waals surface area contributed by atoms with E-state index in [0.29, 0.717) is 12.6 Å². The van der Waals surface area contributed by atoms with E-state index in [9.17, 15) is 5.11 Å². The molecule has 0 amide bonds. The van der Waals surface area contributed by atoms with Gasteiger partial charge in [0.15, 0.2) is 0 Å². The average Bonchev–Trinajstić information content (AvgIpc) is 2.16. The lowest BCUT2D eigenvalue weighted by molar-refractivity contribution is 0.00513. The van der Waals surface area contributed by atoms with Crippen LogP contribution in [0.3, 0.4) is 0 Å². The van der Waals surface area contributed by atoms with Gasteiger partial charge in [0.25, 0.3) is 0 Å². The fourth-order valence-corrected chi connectivity index (χ4v) is 1.46. The van der Waals surface area contributed by atoms with Crippen LogP contribution in [-0.4, -0.2) is 36.5 Å². The molecule has 1 atom stereocenters. The Morgan fingerprint density at radius 2 is 2.00 bits per heavy atom. The van der Waals surface area contributed by atoms with Crippen LogP contribution in [0.15, 0.2) is 0 Å². The van der Waals surface area contributed by atoms with Crippen LogP contribution in [0.5, 0.6) is 0 Å². The van der Waals surface area contributed by atoms with Gasteiger partial charge in [0.1, 0.15) is 0 Å². The summed E-state index contributed by atoms with van der Waals surface area (Å²) in [4.78, 5) is 0. The molecule has 84 valence electrons. The van der Waals surface area contributed by atoms with E-state index in [1.54, 1.807) is 0 Å². The smallest absolute Gasteiger partial charge is 0.0766 e. The van der Waals surface area contributed by atoms with Gasteiger partial charge in [-0.05, 0) is 25.7 Å². The summed E-state index contributed by atoms with van der Waals surface area (Å²) in [5.74, 6) is 0.287. The molecule has 1 aliphatic rings. The maximum Gasteiger partial charge on any atom is 0.0766 e. The lowest BCUT2D eigenvalue weighted by atomic mass is 9.92. The highest BCUT2D eigenvalue weighted by Gasteiger charge is 2.26. The topological polar surface area (TPSA) is 41.5 Å². The molecule has 0 aromatic rings. The highest BCUT2D eigenvalue weighted by atomic mass is 16.5. The summed E-state index contributed by atoms with van der Waals surface area (Å²) < 4.78 is 5.28. The number of hydrogen-bond donors (Lipinski definition) is 2. The van der Waals surface area contributed by atoms with Crippen LogP contribution < -0.4 is 5.32 Å². The molecule has 1 aliphatic heterocycles. The first-order valence-electron chi connectivity index (χ1n) is 5.56. The van der Waals surface area contributed by atoms with Gasteiger partial charge in [0.05, 0.1) is 5.60 Å². The van der Waals surface area contributed by atoms with Crippen molar-refractivity contribution in [3.05, 3.63) is 0 Å². The molecule has 0 spiro atoms. The van der Waals surface area contributed by atoms with Crippen LogP contribution in [0.2, 0.25) is 0 Å². The van der Waals surface area contributed by atoms with Crippen molar-refractivity contribution in [2.75, 3.05) is 19.8 Å². The van der Waals surface area contributed by atoms with Crippen LogP contribution >= 0.6 is 0 Å². The molecule has 0 aromatic heterocycles. The molecule has 2 N–H and O–H groups in total. The summed E-state index contributed by atoms with van der Waals surface area (Å²) in [7, 11) is 0. The first-order chi connectivity index (χ1) is 6.52. The molecule has 3 heteroatoms. The Bertz CT molecular complexity index is 163. The second-order valence-electron chi connectivity index (χ2n) is 4.78. The zero-order valence-electron chi connectivity index (χ0n) is 9.55. The van der Waals surface area contributed by atoms with Crippen molar-refractivity contribution in [2.24, 2.45) is 5.92 Å². The predicted octanol–water partition coefficient (Wildman–Crippen LogP) is 1.16. The van der Waals surface area contributed by atoms with E-state index in [2.05, 4.69) is 5.32 Å². The van der Waals surface area contributed by atoms with Crippen molar-refractivity contribution in [1.29, 1.82) is 0 Å². The van der Waals surface area contributed by atoms with Crippen LogP contribution in [0.4, 0.5) is 0 Å². The number of rotatable bonds is 4. The van der Waals surface area contributed by atoms with Gasteiger partial charge in [-0.3, -0.25) is 0 Å². The molecule has 3 nitrogen and oxygen atoms in total. The Hall–Kier alpha value is -0.120. The van der Waals surface area contributed by atoms with E-state index >= 15 is 0 Å². The molecule has 14 heavy (non-hydrogen) atoms. The molecule has 1 saturated heterocycles. The molecular weight excluding hydrogens is 178 g/mol. The van der Waals surface area contributed by atoms with Crippen molar-refractivity contribution in [1.82, 2.24) is 5.32 Å². The van der Waals surface area contributed by atoms with E-state index in [-0.39, 0.29) is 5.92 Å². The van der Waals surface area contributed by atoms with Gasteiger partial charge in [0.2, 0.25) is 0 Å². The number of aliphatic hydroxyl groups is 1. The van der Waals surface area contributed by atoms with Crippen molar-refractivity contribution in [2.45, 2.75) is 45.3 Å². The Morgan fingerprint density at radius 1 is 1.43 bits per heavy atom. The van der Waals surface area contributed by atoms with Gasteiger partial charge in [-0.1, -0.05) is 13.8 Å². The van der Waals surface area contributed by atoms with Crippen molar-refractivity contribution in [3.8, 4) is 0 Å². The van der Waals surface area contributed by atoms with E-state index in [1.165, 1.54) is 0 Å². The quantitative estimate of drug-likeness (QED) is 0.717. The normalized spacial score (nSPS) is 23.8. The molecule has 0 radical (unpaired) electrons. The molecular formula is C11H23NO2. The largest absolute Gasteiger partial charge is 0.389 e. The van der Waals surface area contributed by atoms with Gasteiger partial charge in [-0.15, -0.1) is 0 Å². The monoisotopic (exact) mass is 201 g/mol. The molecule has 0 aromatic carbocycles. The van der Waals surface area contributed by atoms with Gasteiger partial charge in [-0.2, -0.15) is 0 Å². The number of nitrogens with one attached hydrogen (secondary N) is 1. The van der Waals surface area contributed by atoms with Crippen molar-refractivity contribution >= 4 is 0 Å². The Labute approximate surface area is 86.8 Å². The molecule has 1 rings (SSSR count). The zero-order valence-corrected chi connectivity index (χ0v) is 9.55. The zero-order chi connectivity index (χ0) is 10.6.